The maximum atomic E-state index is 10.6. The van der Waals surface area contributed by atoms with Crippen molar-refractivity contribution in [2.24, 2.45) is 5.84 Å². The molecular weight excluding hydrogens is 172 g/mol. The van der Waals surface area contributed by atoms with Crippen molar-refractivity contribution < 1.29 is 17.9 Å². The lowest BCUT2D eigenvalue weighted by Gasteiger charge is -2.12. The lowest BCUT2D eigenvalue weighted by molar-refractivity contribution is 0.131. The molecule has 0 aromatic heterocycles. The van der Waals surface area contributed by atoms with Crippen LogP contribution in [0, 0.1) is 0 Å². The number of sulfonamides is 1. The number of carbonyl (C=O) groups excluding carboxylic acids is 1. The van der Waals surface area contributed by atoms with Crippen molar-refractivity contribution in [3.8, 4) is 0 Å². The lowest BCUT2D eigenvalue weighted by atomic mass is 10.9. The standard InChI is InChI=1S/C4H10N2O4S/c1-3-10-4(7)6(5)11(2,8)9/h3,5H2,1-2H3. The van der Waals surface area contributed by atoms with E-state index >= 15 is 0 Å². The van der Waals surface area contributed by atoms with Crippen LogP contribution in [0.2, 0.25) is 0 Å². The highest BCUT2D eigenvalue weighted by Gasteiger charge is 2.19. The number of ether oxygens (including phenoxy) is 1. The Balaban J connectivity index is 4.27. The third kappa shape index (κ3) is 3.19. The van der Waals surface area contributed by atoms with Gasteiger partial charge in [0.05, 0.1) is 12.9 Å². The van der Waals surface area contributed by atoms with Crippen molar-refractivity contribution >= 4 is 16.1 Å². The average molecular weight is 182 g/mol. The lowest BCUT2D eigenvalue weighted by Crippen LogP contribution is -2.42. The SMILES string of the molecule is CCOC(=O)N(N)S(C)(=O)=O. The highest BCUT2D eigenvalue weighted by molar-refractivity contribution is 7.88. The van der Waals surface area contributed by atoms with Crippen LogP contribution in [-0.4, -0.2) is 31.8 Å². The molecule has 0 atom stereocenters. The summed E-state index contributed by atoms with van der Waals surface area (Å²) in [6.45, 7) is 1.63. The van der Waals surface area contributed by atoms with E-state index < -0.39 is 16.1 Å². The normalized spacial score (nSPS) is 10.8. The minimum atomic E-state index is -3.69. The average Bonchev–Trinajstić information content (AvgIpc) is 1.85. The summed E-state index contributed by atoms with van der Waals surface area (Å²) < 4.78 is 25.5. The first-order chi connectivity index (χ1) is 4.89. The third-order valence-corrected chi connectivity index (χ3v) is 1.67. The van der Waals surface area contributed by atoms with Gasteiger partial charge in [-0.15, -0.1) is 4.41 Å². The van der Waals surface area contributed by atoms with Crippen LogP contribution >= 0.6 is 0 Å². The molecular formula is C4H10N2O4S. The van der Waals surface area contributed by atoms with E-state index in [4.69, 9.17) is 5.84 Å². The zero-order valence-electron chi connectivity index (χ0n) is 6.27. The summed E-state index contributed by atoms with van der Waals surface area (Å²) in [5, 5.41) is 0. The van der Waals surface area contributed by atoms with E-state index in [2.05, 4.69) is 4.74 Å². The zero-order chi connectivity index (χ0) is 9.07. The van der Waals surface area contributed by atoms with E-state index in [0.29, 0.717) is 0 Å². The Bertz CT molecular complexity index is 234. The van der Waals surface area contributed by atoms with Crippen LogP contribution in [-0.2, 0) is 14.8 Å². The Kier molecular flexibility index (Phi) is 3.27. The highest BCUT2D eigenvalue weighted by Crippen LogP contribution is 1.92. The van der Waals surface area contributed by atoms with E-state index in [9.17, 15) is 13.2 Å². The van der Waals surface area contributed by atoms with Crippen molar-refractivity contribution in [3.63, 3.8) is 0 Å². The van der Waals surface area contributed by atoms with E-state index in [0.717, 1.165) is 6.26 Å². The van der Waals surface area contributed by atoms with Gasteiger partial charge in [0.25, 0.3) is 10.0 Å². The molecule has 66 valence electrons. The van der Waals surface area contributed by atoms with Crippen LogP contribution in [0.1, 0.15) is 6.92 Å². The molecule has 6 nitrogen and oxygen atoms in total. The van der Waals surface area contributed by atoms with Gasteiger partial charge in [-0.05, 0) is 6.92 Å². The Hall–Kier alpha value is -0.820. The summed E-state index contributed by atoms with van der Waals surface area (Å²) in [4.78, 5) is 10.6. The molecule has 0 spiro atoms. The maximum Gasteiger partial charge on any atom is 0.438 e. The zero-order valence-corrected chi connectivity index (χ0v) is 7.09. The highest BCUT2D eigenvalue weighted by atomic mass is 32.2. The second kappa shape index (κ2) is 3.54. The van der Waals surface area contributed by atoms with Crippen LogP contribution in [0.5, 0.6) is 0 Å². The monoisotopic (exact) mass is 182 g/mol. The first kappa shape index (κ1) is 10.2. The minimum absolute atomic E-state index is 0.0521. The van der Waals surface area contributed by atoms with Crippen LogP contribution in [0.4, 0.5) is 4.79 Å². The topological polar surface area (TPSA) is 89.7 Å². The van der Waals surface area contributed by atoms with Crippen LogP contribution in [0.3, 0.4) is 0 Å². The number of amides is 1. The van der Waals surface area contributed by atoms with Crippen molar-refractivity contribution in [2.45, 2.75) is 6.92 Å². The summed E-state index contributed by atoms with van der Waals surface area (Å²) in [5.74, 6) is 4.85. The number of hydrogen-bond donors (Lipinski definition) is 1. The first-order valence-corrected chi connectivity index (χ1v) is 4.66. The molecule has 2 N–H and O–H groups in total. The number of nitrogens with two attached hydrogens (primary N) is 1. The molecule has 0 radical (unpaired) electrons. The number of hydrogen-bond acceptors (Lipinski definition) is 5. The summed E-state index contributed by atoms with van der Waals surface area (Å²) in [5.41, 5.74) is 0. The van der Waals surface area contributed by atoms with E-state index in [1.165, 1.54) is 0 Å². The Labute approximate surface area is 64.9 Å². The smallest absolute Gasteiger partial charge is 0.438 e. The number of rotatable bonds is 2. The second-order valence-corrected chi connectivity index (χ2v) is 3.62. The third-order valence-electron chi connectivity index (χ3n) is 0.805. The van der Waals surface area contributed by atoms with Crippen molar-refractivity contribution in [1.29, 1.82) is 0 Å². The fraction of sp³-hybridized carbons (Fsp3) is 0.750. The Morgan fingerprint density at radius 3 is 2.36 bits per heavy atom. The molecule has 0 heterocycles. The van der Waals surface area contributed by atoms with Crippen LogP contribution < -0.4 is 5.84 Å². The molecule has 1 amide bonds. The Morgan fingerprint density at radius 1 is 1.64 bits per heavy atom. The summed E-state index contributed by atoms with van der Waals surface area (Å²) in [7, 11) is -3.69. The number of hydrazine groups is 1. The van der Waals surface area contributed by atoms with Gasteiger partial charge < -0.3 is 4.74 Å². The van der Waals surface area contributed by atoms with Gasteiger partial charge in [0.15, 0.2) is 0 Å². The quantitative estimate of drug-likeness (QED) is 0.345. The van der Waals surface area contributed by atoms with Gasteiger partial charge in [0.2, 0.25) is 0 Å². The number of carbonyl (C=O) groups is 1. The van der Waals surface area contributed by atoms with Crippen LogP contribution in [0.25, 0.3) is 0 Å². The van der Waals surface area contributed by atoms with E-state index in [1.807, 2.05) is 0 Å². The fourth-order valence-corrected chi connectivity index (χ4v) is 0.646. The van der Waals surface area contributed by atoms with Crippen molar-refractivity contribution in [1.82, 2.24) is 4.41 Å². The molecule has 0 aromatic rings. The number of nitrogens with zero attached hydrogens (tertiary/aromatic N) is 1. The van der Waals surface area contributed by atoms with Gasteiger partial charge in [-0.25, -0.2) is 19.1 Å². The van der Waals surface area contributed by atoms with Gasteiger partial charge in [-0.2, -0.15) is 0 Å². The second-order valence-electron chi connectivity index (χ2n) is 1.76. The molecule has 0 aromatic carbocycles. The molecule has 0 unspecified atom stereocenters. The van der Waals surface area contributed by atoms with Gasteiger partial charge in [0, 0.05) is 0 Å². The van der Waals surface area contributed by atoms with Gasteiger partial charge in [-0.3, -0.25) is 0 Å². The van der Waals surface area contributed by atoms with E-state index in [1.54, 1.807) is 6.92 Å². The summed E-state index contributed by atoms with van der Waals surface area (Å²) in [6.07, 6.45) is -0.265. The molecule has 0 saturated heterocycles. The van der Waals surface area contributed by atoms with Gasteiger partial charge in [-0.1, -0.05) is 0 Å². The molecule has 0 rings (SSSR count). The predicted octanol–water partition coefficient (Wildman–Crippen LogP) is -0.722. The van der Waals surface area contributed by atoms with Crippen molar-refractivity contribution in [2.75, 3.05) is 12.9 Å². The molecule has 0 aliphatic heterocycles. The summed E-state index contributed by atoms with van der Waals surface area (Å²) in [6, 6.07) is 0. The Morgan fingerprint density at radius 2 is 2.09 bits per heavy atom. The molecule has 0 bridgehead atoms. The predicted molar refractivity (Wildman–Crippen MR) is 37.9 cm³/mol. The minimum Gasteiger partial charge on any atom is -0.448 e. The van der Waals surface area contributed by atoms with Crippen molar-refractivity contribution in [3.05, 3.63) is 0 Å². The first-order valence-electron chi connectivity index (χ1n) is 2.81. The molecule has 0 saturated carbocycles. The molecule has 0 aliphatic carbocycles. The largest absolute Gasteiger partial charge is 0.448 e. The summed E-state index contributed by atoms with van der Waals surface area (Å²) >= 11 is 0. The van der Waals surface area contributed by atoms with Gasteiger partial charge in [0.1, 0.15) is 0 Å². The van der Waals surface area contributed by atoms with Gasteiger partial charge >= 0.3 is 6.09 Å². The molecule has 11 heavy (non-hydrogen) atoms. The maximum absolute atomic E-state index is 10.6. The molecule has 0 aliphatic rings. The van der Waals surface area contributed by atoms with Crippen LogP contribution in [0.15, 0.2) is 0 Å². The van der Waals surface area contributed by atoms with E-state index in [-0.39, 0.29) is 11.0 Å². The molecule has 7 heteroatoms. The fourth-order valence-electron chi connectivity index (χ4n) is 0.322. The molecule has 0 fully saturated rings.